The van der Waals surface area contributed by atoms with Crippen molar-refractivity contribution in [1.82, 2.24) is 29.9 Å². The number of aliphatic hydroxyl groups is 2. The topological polar surface area (TPSA) is 419 Å². The van der Waals surface area contributed by atoms with Gasteiger partial charge in [0.05, 0.1) is 32.8 Å². The number of benzene rings is 4. The second-order valence-corrected chi connectivity index (χ2v) is 18.6. The van der Waals surface area contributed by atoms with Crippen LogP contribution in [0.2, 0.25) is 0 Å². The van der Waals surface area contributed by atoms with Gasteiger partial charge in [-0.25, -0.2) is 33.7 Å². The molecule has 348 valence electrons. The van der Waals surface area contributed by atoms with Gasteiger partial charge in [0.2, 0.25) is 35.7 Å². The van der Waals surface area contributed by atoms with Crippen molar-refractivity contribution in [2.45, 2.75) is 19.6 Å². The van der Waals surface area contributed by atoms with E-state index >= 15 is 0 Å². The Morgan fingerprint density at radius 1 is 0.400 bits per heavy atom. The fraction of sp³-hybridized carbons (Fsp3) is 0.111. The summed E-state index contributed by atoms with van der Waals surface area (Å²) in [7, 11) is -19.9. The first kappa shape index (κ1) is 63.1. The minimum atomic E-state index is -5.24. The molecular weight excluding hydrogens is 1040 g/mol. The summed E-state index contributed by atoms with van der Waals surface area (Å²) in [6.45, 7) is -0.645. The molecule has 6 rings (SSSR count). The van der Waals surface area contributed by atoms with E-state index in [9.17, 15) is 62.1 Å². The number of rotatable bonds is 20. The molecule has 0 bridgehead atoms. The van der Waals surface area contributed by atoms with E-state index in [1.54, 1.807) is 0 Å². The standard InChI is InChI=1S/C36H36N12O14S4.4Na/c49-17-15-37-31-43-33(39-23-7-11-27(12-8-23)63(51,52)53)47-35(45-31)41-25-5-3-21(29(19-25)65(57,58)59)1-2-22-4-6-26(20-30(22)66(60,61)62)42-36-46-32(38-16-18-50)44-34(48-36)40-24-9-13-28(14-10-24)64(54,55)56;;;;/h1-14,19-20,49-50H,15-18H2,(H,51,52,53)(H,54,55,56)(H,57,58,59)(H,60,61,62)(H3,37,39,41,43,45,47)(H3,38,40,42,44,46,48);;;;/q;4*+1/p-4. The third kappa shape index (κ3) is 18.5. The van der Waals surface area contributed by atoms with Crippen molar-refractivity contribution in [2.24, 2.45) is 0 Å². The van der Waals surface area contributed by atoms with Gasteiger partial charge in [0.25, 0.3) is 0 Å². The summed E-state index contributed by atoms with van der Waals surface area (Å²) in [4.78, 5) is 22.5. The van der Waals surface area contributed by atoms with Crippen LogP contribution in [0.4, 0.5) is 58.4 Å². The zero-order valence-electron chi connectivity index (χ0n) is 37.2. The van der Waals surface area contributed by atoms with Gasteiger partial charge in [-0.05, 0) is 83.9 Å². The van der Waals surface area contributed by atoms with Crippen molar-refractivity contribution in [3.8, 4) is 0 Å². The van der Waals surface area contributed by atoms with Crippen LogP contribution in [0.25, 0.3) is 12.2 Å². The first-order valence-corrected chi connectivity index (χ1v) is 24.0. The third-order valence-electron chi connectivity index (χ3n) is 8.38. The zero-order chi connectivity index (χ0) is 47.9. The monoisotopic (exact) mass is 1080 g/mol. The predicted octanol–water partition coefficient (Wildman–Crippen LogP) is -10.4. The van der Waals surface area contributed by atoms with E-state index < -0.39 is 60.1 Å². The van der Waals surface area contributed by atoms with Crippen molar-refractivity contribution in [3.63, 3.8) is 0 Å². The average Bonchev–Trinajstić information content (AvgIpc) is 3.23. The number of hydrogen-bond donors (Lipinski definition) is 8. The van der Waals surface area contributed by atoms with Crippen LogP contribution in [0.3, 0.4) is 0 Å². The molecule has 0 saturated carbocycles. The van der Waals surface area contributed by atoms with Crippen LogP contribution < -0.4 is 150 Å². The zero-order valence-corrected chi connectivity index (χ0v) is 48.4. The van der Waals surface area contributed by atoms with E-state index in [0.29, 0.717) is 0 Å². The van der Waals surface area contributed by atoms with Crippen LogP contribution in [-0.2, 0) is 40.5 Å². The SMILES string of the molecule is O=S(=O)([O-])c1ccc(Nc2nc(NCCO)nc(Nc3ccc(C=Cc4ccc(Nc5nc(NCCO)nc(Nc6ccc(S(=O)(=O)[O-])cc6)n5)cc4S(=O)(=O)[O-])c(S(=O)(=O)[O-])c3)n2)cc1.[Na+].[Na+].[Na+].[Na+]. The molecule has 0 unspecified atom stereocenters. The molecule has 0 radical (unpaired) electrons. The van der Waals surface area contributed by atoms with Gasteiger partial charge in [0.15, 0.2) is 0 Å². The first-order valence-electron chi connectivity index (χ1n) is 18.4. The Balaban J connectivity index is 0.00000420. The molecule has 0 fully saturated rings. The van der Waals surface area contributed by atoms with E-state index in [4.69, 9.17) is 0 Å². The molecule has 0 aliphatic rings. The summed E-state index contributed by atoms with van der Waals surface area (Å²) in [5.41, 5.74) is -0.0172. The van der Waals surface area contributed by atoms with E-state index in [0.717, 1.165) is 48.6 Å². The summed E-state index contributed by atoms with van der Waals surface area (Å²) in [5.74, 6) is -0.856. The molecule has 0 atom stereocenters. The maximum Gasteiger partial charge on any atom is 1.00 e. The quantitative estimate of drug-likeness (QED) is 0.0200. The molecule has 0 spiro atoms. The molecule has 2 heterocycles. The second-order valence-electron chi connectivity index (χ2n) is 13.1. The van der Waals surface area contributed by atoms with Gasteiger partial charge < -0.3 is 60.3 Å². The first-order chi connectivity index (χ1) is 31.1. The third-order valence-corrected chi connectivity index (χ3v) is 11.9. The maximum atomic E-state index is 12.5. The van der Waals surface area contributed by atoms with Gasteiger partial charge in [-0.3, -0.25) is 0 Å². The number of aliphatic hydroxyl groups excluding tert-OH is 2. The Hall–Kier alpha value is -3.00. The molecule has 6 aromatic rings. The number of nitrogens with one attached hydrogen (secondary N) is 6. The van der Waals surface area contributed by atoms with Crippen molar-refractivity contribution in [3.05, 3.63) is 96.1 Å². The number of aromatic nitrogens is 6. The van der Waals surface area contributed by atoms with E-state index in [-0.39, 0.29) is 214 Å². The predicted molar refractivity (Wildman–Crippen MR) is 230 cm³/mol. The molecule has 0 aliphatic heterocycles. The smallest absolute Gasteiger partial charge is 0.744 e. The van der Waals surface area contributed by atoms with E-state index in [2.05, 4.69) is 61.8 Å². The van der Waals surface area contributed by atoms with E-state index in [1.807, 2.05) is 0 Å². The molecular formula is C36H32N12Na4O14S4. The van der Waals surface area contributed by atoms with Crippen LogP contribution in [0.1, 0.15) is 11.1 Å². The fourth-order valence-corrected chi connectivity index (χ4v) is 7.84. The Labute approximate surface area is 489 Å². The summed E-state index contributed by atoms with van der Waals surface area (Å²) in [6.07, 6.45) is 2.16. The molecule has 0 saturated heterocycles. The minimum Gasteiger partial charge on any atom is -0.744 e. The van der Waals surface area contributed by atoms with Crippen molar-refractivity contribution in [1.29, 1.82) is 0 Å². The van der Waals surface area contributed by atoms with Crippen molar-refractivity contribution in [2.75, 3.05) is 58.2 Å². The summed E-state index contributed by atoms with van der Waals surface area (Å²) in [5, 5.41) is 35.1. The summed E-state index contributed by atoms with van der Waals surface area (Å²) in [6, 6.07) is 16.2. The average molecular weight is 1080 g/mol. The van der Waals surface area contributed by atoms with E-state index in [1.165, 1.54) is 48.5 Å². The van der Waals surface area contributed by atoms with Gasteiger partial charge in [-0.2, -0.15) is 29.9 Å². The Morgan fingerprint density at radius 2 is 0.671 bits per heavy atom. The van der Waals surface area contributed by atoms with Gasteiger partial charge >= 0.3 is 118 Å². The Kier molecular flexibility index (Phi) is 24.6. The number of nitrogens with zero attached hydrogens (tertiary/aromatic N) is 6. The van der Waals surface area contributed by atoms with Gasteiger partial charge in [0.1, 0.15) is 40.5 Å². The fourth-order valence-electron chi connectivity index (χ4n) is 5.51. The van der Waals surface area contributed by atoms with Crippen LogP contribution >= 0.6 is 0 Å². The number of hydrogen-bond acceptors (Lipinski definition) is 26. The Morgan fingerprint density at radius 3 is 0.943 bits per heavy atom. The Bertz CT molecular complexity index is 3050. The molecule has 2 aromatic heterocycles. The normalized spacial score (nSPS) is 11.5. The molecule has 8 N–H and O–H groups in total. The van der Waals surface area contributed by atoms with Crippen LogP contribution in [-0.4, -0.2) is 118 Å². The van der Waals surface area contributed by atoms with Crippen molar-refractivity contribution < 1.29 is 180 Å². The summed E-state index contributed by atoms with van der Waals surface area (Å²) >= 11 is 0. The van der Waals surface area contributed by atoms with Crippen LogP contribution in [0.5, 0.6) is 0 Å². The van der Waals surface area contributed by atoms with Crippen molar-refractivity contribution >= 4 is 111 Å². The maximum absolute atomic E-state index is 12.5. The minimum absolute atomic E-state index is 0. The molecule has 0 aliphatic carbocycles. The molecule has 4 aromatic carbocycles. The molecule has 70 heavy (non-hydrogen) atoms. The molecule has 26 nitrogen and oxygen atoms in total. The second kappa shape index (κ2) is 27.3. The molecule has 34 heteroatoms. The summed E-state index contributed by atoms with van der Waals surface area (Å²) < 4.78 is 143. The van der Waals surface area contributed by atoms with Gasteiger partial charge in [-0.15, -0.1) is 0 Å². The van der Waals surface area contributed by atoms with Gasteiger partial charge in [0, 0.05) is 35.8 Å². The van der Waals surface area contributed by atoms with Crippen LogP contribution in [0, 0.1) is 0 Å². The van der Waals surface area contributed by atoms with Crippen LogP contribution in [0.15, 0.2) is 105 Å². The molecule has 0 amide bonds. The largest absolute Gasteiger partial charge is 1.00 e. The number of anilines is 10. The van der Waals surface area contributed by atoms with Gasteiger partial charge in [-0.1, -0.05) is 24.3 Å².